The molecule has 4 rings (SSSR count). The molecule has 1 aliphatic rings. The summed E-state index contributed by atoms with van der Waals surface area (Å²) in [6, 6.07) is 18.4. The predicted molar refractivity (Wildman–Crippen MR) is 157 cm³/mol. The topological polar surface area (TPSA) is 0 Å². The molecule has 0 spiro atoms. The van der Waals surface area contributed by atoms with Gasteiger partial charge in [0.2, 0.25) is 0 Å². The molecule has 0 bridgehead atoms. The lowest BCUT2D eigenvalue weighted by molar-refractivity contribution is 0.254. The van der Waals surface area contributed by atoms with Crippen molar-refractivity contribution in [2.24, 2.45) is 11.8 Å². The van der Waals surface area contributed by atoms with Crippen molar-refractivity contribution in [2.45, 2.75) is 78.1 Å². The molecule has 1 saturated carbocycles. The summed E-state index contributed by atoms with van der Waals surface area (Å²) in [7, 11) is 0. The monoisotopic (exact) mass is 492 g/mol. The van der Waals surface area contributed by atoms with Crippen LogP contribution in [-0.2, 0) is 12.8 Å². The highest BCUT2D eigenvalue weighted by atomic mass is 19.1. The number of rotatable bonds is 9. The van der Waals surface area contributed by atoms with Crippen LogP contribution >= 0.6 is 0 Å². The minimum atomic E-state index is -0.212. The van der Waals surface area contributed by atoms with E-state index in [1.165, 1.54) is 56.1 Å². The zero-order valence-corrected chi connectivity index (χ0v) is 22.6. The lowest BCUT2D eigenvalue weighted by Gasteiger charge is -2.28. The van der Waals surface area contributed by atoms with Gasteiger partial charge in [0.05, 0.1) is 5.56 Å². The Morgan fingerprint density at radius 3 is 2.14 bits per heavy atom. The van der Waals surface area contributed by atoms with Crippen molar-refractivity contribution in [1.29, 1.82) is 0 Å². The van der Waals surface area contributed by atoms with E-state index in [0.717, 1.165) is 42.0 Å². The number of allylic oxidation sites excluding steroid dienone is 4. The van der Waals surface area contributed by atoms with Crippen molar-refractivity contribution in [1.82, 2.24) is 0 Å². The number of hydrogen-bond donors (Lipinski definition) is 0. The standard InChI is InChI=1S/C36H41F/c1-3-5-7-9-28-11-15-30(16-12-28)19-20-32-22-26-35-34(27-32)25-24-33(36(35)37)23-21-31-17-13-29(14-18-31)10-8-6-4-2/h3-6,13-14,17-18,22,24-28,30H,7-12,15-16,19-20H2,1-2H3/b5-3+,6-4+. The Bertz CT molecular complexity index is 1260. The number of halogens is 1. The van der Waals surface area contributed by atoms with Gasteiger partial charge in [-0.1, -0.05) is 98.2 Å². The van der Waals surface area contributed by atoms with Gasteiger partial charge in [0, 0.05) is 10.9 Å². The van der Waals surface area contributed by atoms with E-state index in [4.69, 9.17) is 0 Å². The Balaban J connectivity index is 1.34. The van der Waals surface area contributed by atoms with E-state index in [1.54, 1.807) is 0 Å². The van der Waals surface area contributed by atoms with E-state index in [0.29, 0.717) is 10.9 Å². The Morgan fingerprint density at radius 1 is 0.730 bits per heavy atom. The van der Waals surface area contributed by atoms with E-state index in [2.05, 4.69) is 67.3 Å². The maximum atomic E-state index is 15.3. The van der Waals surface area contributed by atoms with Crippen LogP contribution in [0.5, 0.6) is 0 Å². The highest BCUT2D eigenvalue weighted by Crippen LogP contribution is 2.34. The molecule has 1 fully saturated rings. The minimum absolute atomic E-state index is 0.212. The number of aryl methyl sites for hydroxylation is 2. The van der Waals surface area contributed by atoms with Gasteiger partial charge in [0.1, 0.15) is 5.82 Å². The molecular weight excluding hydrogens is 451 g/mol. The van der Waals surface area contributed by atoms with Crippen molar-refractivity contribution in [3.63, 3.8) is 0 Å². The van der Waals surface area contributed by atoms with Gasteiger partial charge < -0.3 is 0 Å². The molecule has 0 amide bonds. The molecule has 1 heteroatoms. The Morgan fingerprint density at radius 2 is 1.41 bits per heavy atom. The van der Waals surface area contributed by atoms with Gasteiger partial charge in [0.25, 0.3) is 0 Å². The first-order chi connectivity index (χ1) is 18.2. The first-order valence-electron chi connectivity index (χ1n) is 14.2. The zero-order chi connectivity index (χ0) is 25.9. The van der Waals surface area contributed by atoms with Crippen LogP contribution < -0.4 is 0 Å². The summed E-state index contributed by atoms with van der Waals surface area (Å²) in [5.74, 6) is 7.74. The van der Waals surface area contributed by atoms with Crippen LogP contribution in [-0.4, -0.2) is 0 Å². The highest BCUT2D eigenvalue weighted by molar-refractivity contribution is 5.85. The third-order valence-corrected chi connectivity index (χ3v) is 7.93. The molecule has 3 aromatic rings. The maximum Gasteiger partial charge on any atom is 0.146 e. The van der Waals surface area contributed by atoms with E-state index in [-0.39, 0.29) is 5.82 Å². The number of fused-ring (bicyclic) bond motifs is 1. The SMILES string of the molecule is C/C=C/CCc1ccc(C#Cc2ccc3cc(CCC4CCC(CC/C=C/C)CC4)ccc3c2F)cc1. The molecule has 3 aromatic carbocycles. The normalized spacial score (nSPS) is 17.9. The predicted octanol–water partition coefficient (Wildman–Crippen LogP) is 9.98. The van der Waals surface area contributed by atoms with Crippen LogP contribution in [0.3, 0.4) is 0 Å². The van der Waals surface area contributed by atoms with Crippen molar-refractivity contribution in [3.05, 3.63) is 107 Å². The molecule has 37 heavy (non-hydrogen) atoms. The fraction of sp³-hybridized carbons (Fsp3) is 0.389. The number of hydrogen-bond acceptors (Lipinski definition) is 0. The largest absolute Gasteiger partial charge is 0.205 e. The molecule has 0 unspecified atom stereocenters. The van der Waals surface area contributed by atoms with Gasteiger partial charge in [-0.05, 0) is 98.9 Å². The van der Waals surface area contributed by atoms with E-state index >= 15 is 4.39 Å². The van der Waals surface area contributed by atoms with Gasteiger partial charge in [-0.25, -0.2) is 4.39 Å². The summed E-state index contributed by atoms with van der Waals surface area (Å²) in [5.41, 5.74) is 3.99. The van der Waals surface area contributed by atoms with Crippen molar-refractivity contribution < 1.29 is 4.39 Å². The summed E-state index contributed by atoms with van der Waals surface area (Å²) in [6.45, 7) is 4.16. The lowest BCUT2D eigenvalue weighted by Crippen LogP contribution is -2.15. The molecule has 0 N–H and O–H groups in total. The molecule has 0 aromatic heterocycles. The second-order valence-electron chi connectivity index (χ2n) is 10.6. The van der Waals surface area contributed by atoms with Crippen LogP contribution in [0.1, 0.15) is 87.5 Å². The summed E-state index contributed by atoms with van der Waals surface area (Å²) in [6.07, 6.45) is 21.2. The molecule has 0 radical (unpaired) electrons. The third-order valence-electron chi connectivity index (χ3n) is 7.93. The quantitative estimate of drug-likeness (QED) is 0.206. The molecule has 0 atom stereocenters. The molecule has 0 saturated heterocycles. The number of benzene rings is 3. The summed E-state index contributed by atoms with van der Waals surface area (Å²) in [5, 5.41) is 1.63. The fourth-order valence-corrected chi connectivity index (χ4v) is 5.58. The van der Waals surface area contributed by atoms with E-state index in [1.807, 2.05) is 37.3 Å². The van der Waals surface area contributed by atoms with Crippen LogP contribution in [0, 0.1) is 29.5 Å². The van der Waals surface area contributed by atoms with Crippen LogP contribution in [0.2, 0.25) is 0 Å². The summed E-state index contributed by atoms with van der Waals surface area (Å²) in [4.78, 5) is 0. The van der Waals surface area contributed by atoms with Crippen LogP contribution in [0.25, 0.3) is 10.8 Å². The van der Waals surface area contributed by atoms with Gasteiger partial charge in [-0.2, -0.15) is 0 Å². The first-order valence-corrected chi connectivity index (χ1v) is 14.2. The average Bonchev–Trinajstić information content (AvgIpc) is 2.93. The van der Waals surface area contributed by atoms with Crippen molar-refractivity contribution in [3.8, 4) is 11.8 Å². The van der Waals surface area contributed by atoms with Crippen molar-refractivity contribution >= 4 is 10.8 Å². The average molecular weight is 493 g/mol. The molecule has 192 valence electrons. The van der Waals surface area contributed by atoms with Gasteiger partial charge >= 0.3 is 0 Å². The molecule has 1 aliphatic carbocycles. The highest BCUT2D eigenvalue weighted by Gasteiger charge is 2.20. The third kappa shape index (κ3) is 7.93. The smallest absolute Gasteiger partial charge is 0.146 e. The van der Waals surface area contributed by atoms with Crippen molar-refractivity contribution in [2.75, 3.05) is 0 Å². The minimum Gasteiger partial charge on any atom is -0.205 e. The van der Waals surface area contributed by atoms with Gasteiger partial charge in [-0.3, -0.25) is 0 Å². The lowest BCUT2D eigenvalue weighted by atomic mass is 9.78. The van der Waals surface area contributed by atoms with Gasteiger partial charge in [0.15, 0.2) is 0 Å². The Labute approximate surface area is 223 Å². The summed E-state index contributed by atoms with van der Waals surface area (Å²) < 4.78 is 15.3. The molecule has 0 nitrogen and oxygen atoms in total. The Hall–Kier alpha value is -3.11. The molecule has 0 aliphatic heterocycles. The summed E-state index contributed by atoms with van der Waals surface area (Å²) >= 11 is 0. The van der Waals surface area contributed by atoms with Crippen LogP contribution in [0.4, 0.5) is 4.39 Å². The molecular formula is C36H41F. The second kappa shape index (κ2) is 14.0. The van der Waals surface area contributed by atoms with Crippen LogP contribution in [0.15, 0.2) is 78.9 Å². The maximum absolute atomic E-state index is 15.3. The van der Waals surface area contributed by atoms with E-state index in [9.17, 15) is 0 Å². The molecule has 0 heterocycles. The van der Waals surface area contributed by atoms with E-state index < -0.39 is 0 Å². The zero-order valence-electron chi connectivity index (χ0n) is 22.6. The first kappa shape index (κ1) is 26.9. The second-order valence-corrected chi connectivity index (χ2v) is 10.6. The fourth-order valence-electron chi connectivity index (χ4n) is 5.58. The van der Waals surface area contributed by atoms with Gasteiger partial charge in [-0.15, -0.1) is 0 Å². The Kier molecular flexibility index (Phi) is 10.2.